The third-order valence-corrected chi connectivity index (χ3v) is 2.88. The fourth-order valence-corrected chi connectivity index (χ4v) is 1.45. The first kappa shape index (κ1) is 14.3. The van der Waals surface area contributed by atoms with Gasteiger partial charge in [-0.25, -0.2) is 0 Å². The number of hydrogen-bond acceptors (Lipinski definition) is 3. The predicted octanol–water partition coefficient (Wildman–Crippen LogP) is 2.46. The molecule has 0 radical (unpaired) electrons. The van der Waals surface area contributed by atoms with Crippen molar-refractivity contribution in [2.45, 2.75) is 19.9 Å². The molecule has 0 aliphatic heterocycles. The maximum Gasteiger partial charge on any atom is 0.260 e. The van der Waals surface area contributed by atoms with Crippen LogP contribution in [-0.4, -0.2) is 30.5 Å². The van der Waals surface area contributed by atoms with Gasteiger partial charge in [0.25, 0.3) is 5.91 Å². The number of carbonyl (C=O) groups is 1. The summed E-state index contributed by atoms with van der Waals surface area (Å²) in [5, 5.41) is 9.02. The molecule has 0 atom stereocenters. The van der Waals surface area contributed by atoms with Crippen LogP contribution in [0.3, 0.4) is 0 Å². The Bertz CT molecular complexity index is 480. The highest BCUT2D eigenvalue weighted by Gasteiger charge is 2.13. The van der Waals surface area contributed by atoms with Gasteiger partial charge in [-0.1, -0.05) is 11.6 Å². The van der Waals surface area contributed by atoms with Crippen molar-refractivity contribution in [3.63, 3.8) is 0 Å². The first-order valence-electron chi connectivity index (χ1n) is 5.53. The van der Waals surface area contributed by atoms with E-state index in [-0.39, 0.29) is 18.6 Å². The topological polar surface area (TPSA) is 53.3 Å². The van der Waals surface area contributed by atoms with E-state index < -0.39 is 0 Å². The van der Waals surface area contributed by atoms with Crippen LogP contribution in [0.1, 0.15) is 19.4 Å². The zero-order valence-corrected chi connectivity index (χ0v) is 11.4. The average molecular weight is 267 g/mol. The van der Waals surface area contributed by atoms with Crippen LogP contribution >= 0.6 is 11.6 Å². The van der Waals surface area contributed by atoms with Crippen LogP contribution in [0.5, 0.6) is 5.75 Å². The summed E-state index contributed by atoms with van der Waals surface area (Å²) in [5.41, 5.74) is 0.456. The second kappa shape index (κ2) is 6.27. The molecule has 0 fully saturated rings. The molecule has 0 saturated carbocycles. The molecule has 0 spiro atoms. The lowest BCUT2D eigenvalue weighted by Crippen LogP contribution is -2.36. The third-order valence-electron chi connectivity index (χ3n) is 2.58. The van der Waals surface area contributed by atoms with Crippen molar-refractivity contribution in [1.82, 2.24) is 4.90 Å². The Morgan fingerprint density at radius 1 is 1.56 bits per heavy atom. The second-order valence-electron chi connectivity index (χ2n) is 4.14. The standard InChI is InChI=1S/C13H15ClN2O2/c1-9(2)16(3)13(17)8-18-12-5-4-10(7-15)6-11(12)14/h4-6,9H,8H2,1-3H3. The first-order valence-corrected chi connectivity index (χ1v) is 5.91. The molecule has 0 bridgehead atoms. The maximum atomic E-state index is 11.7. The summed E-state index contributed by atoms with van der Waals surface area (Å²) in [6.07, 6.45) is 0. The van der Waals surface area contributed by atoms with E-state index in [1.807, 2.05) is 19.9 Å². The fourth-order valence-electron chi connectivity index (χ4n) is 1.22. The van der Waals surface area contributed by atoms with Gasteiger partial charge < -0.3 is 9.64 Å². The molecule has 18 heavy (non-hydrogen) atoms. The minimum absolute atomic E-state index is 0.0691. The Kier molecular flexibility index (Phi) is 4.99. The molecule has 96 valence electrons. The largest absolute Gasteiger partial charge is 0.482 e. The van der Waals surface area contributed by atoms with Crippen LogP contribution in [-0.2, 0) is 4.79 Å². The van der Waals surface area contributed by atoms with Gasteiger partial charge in [-0.2, -0.15) is 5.26 Å². The highest BCUT2D eigenvalue weighted by Crippen LogP contribution is 2.25. The molecule has 1 rings (SSSR count). The Labute approximate surface area is 112 Å². The number of amides is 1. The van der Waals surface area contributed by atoms with E-state index >= 15 is 0 Å². The van der Waals surface area contributed by atoms with Crippen LogP contribution in [0, 0.1) is 11.3 Å². The summed E-state index contributed by atoms with van der Waals surface area (Å²) in [4.78, 5) is 13.3. The van der Waals surface area contributed by atoms with Crippen molar-refractivity contribution in [1.29, 1.82) is 5.26 Å². The molecule has 0 aromatic heterocycles. The van der Waals surface area contributed by atoms with Gasteiger partial charge in [0.1, 0.15) is 5.75 Å². The van der Waals surface area contributed by atoms with Gasteiger partial charge in [-0.15, -0.1) is 0 Å². The summed E-state index contributed by atoms with van der Waals surface area (Å²) in [7, 11) is 1.72. The van der Waals surface area contributed by atoms with E-state index in [9.17, 15) is 4.79 Å². The van der Waals surface area contributed by atoms with Crippen LogP contribution in [0.4, 0.5) is 0 Å². The number of ether oxygens (including phenoxy) is 1. The van der Waals surface area contributed by atoms with Crippen molar-refractivity contribution >= 4 is 17.5 Å². The minimum Gasteiger partial charge on any atom is -0.482 e. The van der Waals surface area contributed by atoms with Gasteiger partial charge in [0.05, 0.1) is 16.7 Å². The second-order valence-corrected chi connectivity index (χ2v) is 4.55. The zero-order chi connectivity index (χ0) is 13.7. The zero-order valence-electron chi connectivity index (χ0n) is 10.6. The lowest BCUT2D eigenvalue weighted by atomic mass is 10.2. The lowest BCUT2D eigenvalue weighted by Gasteiger charge is -2.21. The van der Waals surface area contributed by atoms with E-state index in [1.54, 1.807) is 24.1 Å². The van der Waals surface area contributed by atoms with Gasteiger partial charge in [-0.3, -0.25) is 4.79 Å². The Morgan fingerprint density at radius 2 is 2.22 bits per heavy atom. The number of nitrogens with zero attached hydrogens (tertiary/aromatic N) is 2. The van der Waals surface area contributed by atoms with Crippen molar-refractivity contribution in [2.75, 3.05) is 13.7 Å². The molecule has 4 nitrogen and oxygen atoms in total. The van der Waals surface area contributed by atoms with E-state index in [2.05, 4.69) is 0 Å². The summed E-state index contributed by atoms with van der Waals surface area (Å²) in [6.45, 7) is 3.78. The monoisotopic (exact) mass is 266 g/mol. The molecule has 0 saturated heterocycles. The molecule has 5 heteroatoms. The smallest absolute Gasteiger partial charge is 0.260 e. The summed E-state index contributed by atoms with van der Waals surface area (Å²) >= 11 is 5.93. The van der Waals surface area contributed by atoms with Crippen molar-refractivity contribution < 1.29 is 9.53 Å². The summed E-state index contributed by atoms with van der Waals surface area (Å²) in [5.74, 6) is 0.284. The Hall–Kier alpha value is -1.73. The maximum absolute atomic E-state index is 11.7. The fraction of sp³-hybridized carbons (Fsp3) is 0.385. The Balaban J connectivity index is 2.65. The molecule has 0 aliphatic carbocycles. The number of hydrogen-bond donors (Lipinski definition) is 0. The number of likely N-dealkylation sites (N-methyl/N-ethyl adjacent to an activating group) is 1. The van der Waals surface area contributed by atoms with E-state index in [4.69, 9.17) is 21.6 Å². The van der Waals surface area contributed by atoms with Crippen LogP contribution in [0.25, 0.3) is 0 Å². The molecule has 1 aromatic rings. The third kappa shape index (κ3) is 3.64. The summed E-state index contributed by atoms with van der Waals surface area (Å²) in [6, 6.07) is 6.79. The molecule has 0 N–H and O–H groups in total. The highest BCUT2D eigenvalue weighted by molar-refractivity contribution is 6.32. The molecule has 1 aromatic carbocycles. The highest BCUT2D eigenvalue weighted by atomic mass is 35.5. The van der Waals surface area contributed by atoms with Crippen LogP contribution in [0.2, 0.25) is 5.02 Å². The first-order chi connectivity index (χ1) is 8.45. The minimum atomic E-state index is -0.120. The lowest BCUT2D eigenvalue weighted by molar-refractivity contribution is -0.133. The quantitative estimate of drug-likeness (QED) is 0.841. The number of nitriles is 1. The summed E-state index contributed by atoms with van der Waals surface area (Å²) < 4.78 is 5.34. The van der Waals surface area contributed by atoms with E-state index in [1.165, 1.54) is 6.07 Å². The Morgan fingerprint density at radius 3 is 2.72 bits per heavy atom. The molecule has 0 heterocycles. The van der Waals surface area contributed by atoms with Gasteiger partial charge >= 0.3 is 0 Å². The van der Waals surface area contributed by atoms with Crippen LogP contribution < -0.4 is 4.74 Å². The number of benzene rings is 1. The molecular formula is C13H15ClN2O2. The average Bonchev–Trinajstić information content (AvgIpc) is 2.35. The SMILES string of the molecule is CC(C)N(C)C(=O)COc1ccc(C#N)cc1Cl. The van der Waals surface area contributed by atoms with Crippen molar-refractivity contribution in [3.05, 3.63) is 28.8 Å². The number of rotatable bonds is 4. The van der Waals surface area contributed by atoms with Gasteiger partial charge in [0.2, 0.25) is 0 Å². The van der Waals surface area contributed by atoms with Crippen LogP contribution in [0.15, 0.2) is 18.2 Å². The van der Waals surface area contributed by atoms with Crippen molar-refractivity contribution in [2.24, 2.45) is 0 Å². The van der Waals surface area contributed by atoms with E-state index in [0.717, 1.165) is 0 Å². The molecular weight excluding hydrogens is 252 g/mol. The predicted molar refractivity (Wildman–Crippen MR) is 69.6 cm³/mol. The number of halogens is 1. The molecule has 1 amide bonds. The van der Waals surface area contributed by atoms with Crippen molar-refractivity contribution in [3.8, 4) is 11.8 Å². The molecule has 0 aliphatic rings. The van der Waals surface area contributed by atoms with Gasteiger partial charge in [0.15, 0.2) is 6.61 Å². The number of carbonyl (C=O) groups excluding carboxylic acids is 1. The van der Waals surface area contributed by atoms with E-state index in [0.29, 0.717) is 16.3 Å². The normalized spacial score (nSPS) is 10.0. The van der Waals surface area contributed by atoms with Gasteiger partial charge in [0, 0.05) is 13.1 Å². The van der Waals surface area contributed by atoms with Gasteiger partial charge in [-0.05, 0) is 32.0 Å². The molecule has 0 unspecified atom stereocenters.